The van der Waals surface area contributed by atoms with Gasteiger partial charge in [0.15, 0.2) is 55.6 Å². The first-order valence-electron chi connectivity index (χ1n) is 13.1. The van der Waals surface area contributed by atoms with E-state index in [1.807, 2.05) is 42.5 Å². The molecule has 42 heavy (non-hydrogen) atoms. The molecule has 3 aromatic rings. The Bertz CT molecular complexity index is 1290. The summed E-state index contributed by atoms with van der Waals surface area (Å²) in [7, 11) is 7.69. The molecule has 4 rings (SSSR count). The van der Waals surface area contributed by atoms with Gasteiger partial charge >= 0.3 is 0 Å². The summed E-state index contributed by atoms with van der Waals surface area (Å²) in [6, 6.07) is 14.6. The van der Waals surface area contributed by atoms with E-state index in [1.165, 1.54) is 21.3 Å². The molecule has 0 bridgehead atoms. The Morgan fingerprint density at radius 2 is 1.26 bits per heavy atom. The van der Waals surface area contributed by atoms with Gasteiger partial charge < -0.3 is 52.5 Å². The van der Waals surface area contributed by atoms with Gasteiger partial charge in [-0.3, -0.25) is 0 Å². The Morgan fingerprint density at radius 3 is 1.83 bits per heavy atom. The van der Waals surface area contributed by atoms with E-state index in [0.717, 1.165) is 11.1 Å². The number of aliphatic hydroxyl groups is 1. The molecule has 1 N–H and O–H groups in total. The van der Waals surface area contributed by atoms with E-state index in [0.29, 0.717) is 45.8 Å². The molecule has 0 fully saturated rings. The number of rotatable bonds is 15. The van der Waals surface area contributed by atoms with Gasteiger partial charge in [0.05, 0.1) is 20.8 Å². The lowest BCUT2D eigenvalue weighted by atomic mass is 10.0. The molecule has 0 unspecified atom stereocenters. The molecule has 0 aliphatic carbocycles. The van der Waals surface area contributed by atoms with Crippen LogP contribution in [0.4, 0.5) is 0 Å². The van der Waals surface area contributed by atoms with E-state index in [2.05, 4.69) is 0 Å². The van der Waals surface area contributed by atoms with E-state index in [4.69, 9.17) is 47.4 Å². The van der Waals surface area contributed by atoms with Gasteiger partial charge in [-0.05, 0) is 47.5 Å². The fourth-order valence-corrected chi connectivity index (χ4v) is 4.30. The van der Waals surface area contributed by atoms with Crippen LogP contribution in [-0.2, 0) is 14.2 Å². The highest BCUT2D eigenvalue weighted by atomic mass is 16.7. The van der Waals surface area contributed by atoms with Crippen molar-refractivity contribution < 1.29 is 52.5 Å². The summed E-state index contributed by atoms with van der Waals surface area (Å²) in [5.41, 5.74) is 2.38. The van der Waals surface area contributed by atoms with E-state index < -0.39 is 12.2 Å². The summed E-state index contributed by atoms with van der Waals surface area (Å²) >= 11 is 0. The summed E-state index contributed by atoms with van der Waals surface area (Å²) < 4.78 is 55.6. The fraction of sp³-hybridized carbons (Fsp3) is 0.355. The molecular weight excluding hydrogens is 548 g/mol. The topological polar surface area (TPSA) is 113 Å². The Labute approximate surface area is 245 Å². The Hall–Kier alpha value is -4.16. The van der Waals surface area contributed by atoms with Crippen molar-refractivity contribution in [1.82, 2.24) is 0 Å². The second-order valence-electron chi connectivity index (χ2n) is 9.06. The smallest absolute Gasteiger partial charge is 0.206 e. The highest BCUT2D eigenvalue weighted by Crippen LogP contribution is 2.45. The van der Waals surface area contributed by atoms with Crippen LogP contribution in [-0.4, -0.2) is 73.7 Å². The summed E-state index contributed by atoms with van der Waals surface area (Å²) in [6.45, 7) is -0.0390. The van der Waals surface area contributed by atoms with Crippen molar-refractivity contribution in [3.05, 3.63) is 65.2 Å². The Balaban J connectivity index is 1.61. The third-order valence-electron chi connectivity index (χ3n) is 6.21. The number of aliphatic hydroxyl groups excluding tert-OH is 1. The predicted octanol–water partition coefficient (Wildman–Crippen LogP) is 4.70. The van der Waals surface area contributed by atoms with Gasteiger partial charge in [-0.25, -0.2) is 0 Å². The Morgan fingerprint density at radius 1 is 0.667 bits per heavy atom. The minimum atomic E-state index is -0.667. The van der Waals surface area contributed by atoms with Gasteiger partial charge in [0, 0.05) is 33.0 Å². The van der Waals surface area contributed by atoms with Gasteiger partial charge in [-0.2, -0.15) is 0 Å². The molecule has 1 aliphatic heterocycles. The molecule has 11 heteroatoms. The third kappa shape index (κ3) is 7.56. The molecule has 0 amide bonds. The standard InChI is InChI=1S/C31H36O11/c1-33-17-38-23-10-21(11-24(15-23)39-18-34-2)7-6-20-8-9-25-26(12-20)42-30(29(16-32)41-25)22-13-27(36-4)31(40-19-35-3)28(14-22)37-5/h6-15,29-30,32H,16-19H2,1-5H3/b7-6+/t29-,30-/m1/s1. The van der Waals surface area contributed by atoms with Crippen LogP contribution in [0.5, 0.6) is 40.2 Å². The lowest BCUT2D eigenvalue weighted by molar-refractivity contribution is -0.0125. The molecular formula is C31H36O11. The van der Waals surface area contributed by atoms with Gasteiger partial charge in [-0.15, -0.1) is 0 Å². The number of methoxy groups -OCH3 is 5. The van der Waals surface area contributed by atoms with E-state index in [1.54, 1.807) is 32.4 Å². The average molecular weight is 585 g/mol. The van der Waals surface area contributed by atoms with Crippen molar-refractivity contribution >= 4 is 12.2 Å². The SMILES string of the molecule is COCOc1cc(/C=C/c2ccc3c(c2)O[C@H](c2cc(OC)c(OCOC)c(OC)c2)[C@@H](CO)O3)cc(OCOC)c1. The zero-order valence-corrected chi connectivity index (χ0v) is 24.3. The highest BCUT2D eigenvalue weighted by Gasteiger charge is 2.34. The van der Waals surface area contributed by atoms with Crippen molar-refractivity contribution in [2.24, 2.45) is 0 Å². The largest absolute Gasteiger partial charge is 0.493 e. The van der Waals surface area contributed by atoms with Gasteiger partial charge in [0.2, 0.25) is 5.75 Å². The molecule has 0 radical (unpaired) electrons. The molecule has 0 spiro atoms. The summed E-state index contributed by atoms with van der Waals surface area (Å²) in [4.78, 5) is 0. The summed E-state index contributed by atoms with van der Waals surface area (Å²) in [5, 5.41) is 10.1. The van der Waals surface area contributed by atoms with Gasteiger partial charge in [0.1, 0.15) is 11.5 Å². The maximum absolute atomic E-state index is 10.1. The molecule has 0 saturated carbocycles. The van der Waals surface area contributed by atoms with Crippen molar-refractivity contribution in [1.29, 1.82) is 0 Å². The van der Waals surface area contributed by atoms with E-state index >= 15 is 0 Å². The van der Waals surface area contributed by atoms with Crippen molar-refractivity contribution in [3.8, 4) is 40.2 Å². The monoisotopic (exact) mass is 584 g/mol. The normalized spacial score (nSPS) is 15.9. The van der Waals surface area contributed by atoms with Crippen molar-refractivity contribution in [2.45, 2.75) is 12.2 Å². The molecule has 3 aromatic carbocycles. The highest BCUT2D eigenvalue weighted by molar-refractivity contribution is 5.72. The molecule has 2 atom stereocenters. The lowest BCUT2D eigenvalue weighted by Gasteiger charge is -2.34. The first-order valence-corrected chi connectivity index (χ1v) is 13.1. The van der Waals surface area contributed by atoms with Gasteiger partial charge in [-0.1, -0.05) is 18.2 Å². The number of hydrogen-bond donors (Lipinski definition) is 1. The first-order chi connectivity index (χ1) is 20.5. The minimum absolute atomic E-state index is 0.0179. The van der Waals surface area contributed by atoms with Crippen molar-refractivity contribution in [2.75, 3.05) is 62.5 Å². The predicted molar refractivity (Wildman–Crippen MR) is 154 cm³/mol. The van der Waals surface area contributed by atoms with Crippen LogP contribution in [0.15, 0.2) is 48.5 Å². The van der Waals surface area contributed by atoms with Crippen LogP contribution >= 0.6 is 0 Å². The zero-order valence-electron chi connectivity index (χ0n) is 24.3. The van der Waals surface area contributed by atoms with E-state index in [-0.39, 0.29) is 27.0 Å². The second kappa shape index (κ2) is 15.2. The number of benzene rings is 3. The number of hydrogen-bond acceptors (Lipinski definition) is 11. The zero-order chi connectivity index (χ0) is 29.9. The minimum Gasteiger partial charge on any atom is -0.493 e. The average Bonchev–Trinajstić information content (AvgIpc) is 3.03. The summed E-state index contributed by atoms with van der Waals surface area (Å²) in [6.07, 6.45) is 2.53. The van der Waals surface area contributed by atoms with Crippen LogP contribution in [0.25, 0.3) is 12.2 Å². The Kier molecular flexibility index (Phi) is 11.1. The quantitative estimate of drug-likeness (QED) is 0.198. The van der Waals surface area contributed by atoms with Crippen LogP contribution in [0.1, 0.15) is 22.8 Å². The van der Waals surface area contributed by atoms with Gasteiger partial charge in [0.25, 0.3) is 0 Å². The maximum atomic E-state index is 10.1. The van der Waals surface area contributed by atoms with E-state index in [9.17, 15) is 5.11 Å². The van der Waals surface area contributed by atoms with Crippen molar-refractivity contribution in [3.63, 3.8) is 0 Å². The fourth-order valence-electron chi connectivity index (χ4n) is 4.30. The number of fused-ring (bicyclic) bond motifs is 1. The molecule has 0 aromatic heterocycles. The molecule has 0 saturated heterocycles. The number of ether oxygens (including phenoxy) is 10. The van der Waals surface area contributed by atoms with Crippen LogP contribution < -0.4 is 33.2 Å². The molecule has 226 valence electrons. The first kappa shape index (κ1) is 30.8. The van der Waals surface area contributed by atoms with Crippen LogP contribution in [0.3, 0.4) is 0 Å². The van der Waals surface area contributed by atoms with Crippen LogP contribution in [0, 0.1) is 0 Å². The summed E-state index contributed by atoms with van der Waals surface area (Å²) in [5.74, 6) is 3.47. The maximum Gasteiger partial charge on any atom is 0.206 e. The third-order valence-corrected chi connectivity index (χ3v) is 6.21. The molecule has 11 nitrogen and oxygen atoms in total. The van der Waals surface area contributed by atoms with Crippen LogP contribution in [0.2, 0.25) is 0 Å². The second-order valence-corrected chi connectivity index (χ2v) is 9.06. The molecule has 1 aliphatic rings. The molecule has 1 heterocycles. The lowest BCUT2D eigenvalue weighted by Crippen LogP contribution is -2.36.